The molecule has 1 aliphatic heterocycles. The number of halogens is 1. The quantitative estimate of drug-likeness (QED) is 0.840. The van der Waals surface area contributed by atoms with Crippen LogP contribution in [0.2, 0.25) is 5.02 Å². The molecule has 0 aliphatic carbocycles. The number of anilines is 2. The average molecular weight is 310 g/mol. The third-order valence-electron chi connectivity index (χ3n) is 4.23. The van der Waals surface area contributed by atoms with Crippen LogP contribution >= 0.6 is 11.6 Å². The molecule has 0 unspecified atom stereocenters. The molecule has 0 saturated carbocycles. The van der Waals surface area contributed by atoms with E-state index in [0.29, 0.717) is 22.9 Å². The van der Waals surface area contributed by atoms with Gasteiger partial charge in [-0.1, -0.05) is 25.4 Å². The zero-order valence-electron chi connectivity index (χ0n) is 12.7. The molecule has 1 fully saturated rings. The van der Waals surface area contributed by atoms with Crippen LogP contribution in [0.15, 0.2) is 18.2 Å². The van der Waals surface area contributed by atoms with E-state index in [1.54, 1.807) is 18.2 Å². The number of hydrogen-bond acceptors (Lipinski definition) is 3. The molecule has 116 valence electrons. The van der Waals surface area contributed by atoms with E-state index in [0.717, 1.165) is 24.9 Å². The predicted octanol–water partition coefficient (Wildman–Crippen LogP) is 3.23. The standard InChI is InChI=1S/C16H24ClN3O/c1-11(2)12-5-7-20(8-6-12)10-16(21)19-15-9-13(17)3-4-14(15)18/h3-4,9,11-12H,5-8,10,18H2,1-2H3,(H,19,21). The number of piperidine rings is 1. The molecule has 2 rings (SSSR count). The van der Waals surface area contributed by atoms with Crippen LogP contribution in [-0.2, 0) is 4.79 Å². The fourth-order valence-corrected chi connectivity index (χ4v) is 2.98. The molecular formula is C16H24ClN3O. The molecule has 3 N–H and O–H groups in total. The van der Waals surface area contributed by atoms with Crippen molar-refractivity contribution in [3.63, 3.8) is 0 Å². The van der Waals surface area contributed by atoms with Crippen molar-refractivity contribution in [2.75, 3.05) is 30.7 Å². The van der Waals surface area contributed by atoms with Gasteiger partial charge in [0.25, 0.3) is 0 Å². The fraction of sp³-hybridized carbons (Fsp3) is 0.562. The van der Waals surface area contributed by atoms with Gasteiger partial charge in [0.15, 0.2) is 0 Å². The van der Waals surface area contributed by atoms with Gasteiger partial charge in [0.2, 0.25) is 5.91 Å². The number of hydrogen-bond donors (Lipinski definition) is 2. The summed E-state index contributed by atoms with van der Waals surface area (Å²) in [5.41, 5.74) is 6.96. The predicted molar refractivity (Wildman–Crippen MR) is 88.5 cm³/mol. The molecule has 4 nitrogen and oxygen atoms in total. The SMILES string of the molecule is CC(C)C1CCN(CC(=O)Nc2cc(Cl)ccc2N)CC1. The van der Waals surface area contributed by atoms with Gasteiger partial charge in [-0.05, 0) is 56.0 Å². The van der Waals surface area contributed by atoms with Gasteiger partial charge in [-0.2, -0.15) is 0 Å². The summed E-state index contributed by atoms with van der Waals surface area (Å²) in [6, 6.07) is 5.09. The summed E-state index contributed by atoms with van der Waals surface area (Å²) in [6.07, 6.45) is 2.34. The zero-order chi connectivity index (χ0) is 15.4. The summed E-state index contributed by atoms with van der Waals surface area (Å²) < 4.78 is 0. The Morgan fingerprint density at radius 3 is 2.71 bits per heavy atom. The van der Waals surface area contributed by atoms with Crippen molar-refractivity contribution in [1.82, 2.24) is 4.90 Å². The molecule has 1 aliphatic rings. The van der Waals surface area contributed by atoms with E-state index < -0.39 is 0 Å². The lowest BCUT2D eigenvalue weighted by molar-refractivity contribution is -0.117. The third kappa shape index (κ3) is 4.61. The topological polar surface area (TPSA) is 58.4 Å². The van der Waals surface area contributed by atoms with Crippen LogP contribution in [0.5, 0.6) is 0 Å². The van der Waals surface area contributed by atoms with Gasteiger partial charge in [0.05, 0.1) is 17.9 Å². The Morgan fingerprint density at radius 2 is 2.10 bits per heavy atom. The Morgan fingerprint density at radius 1 is 1.43 bits per heavy atom. The number of nitrogens with one attached hydrogen (secondary N) is 1. The van der Waals surface area contributed by atoms with Crippen LogP contribution in [0.3, 0.4) is 0 Å². The highest BCUT2D eigenvalue weighted by Gasteiger charge is 2.22. The highest BCUT2D eigenvalue weighted by Crippen LogP contribution is 2.25. The molecule has 0 aromatic heterocycles. The molecule has 0 radical (unpaired) electrons. The van der Waals surface area contributed by atoms with Gasteiger partial charge in [0.1, 0.15) is 0 Å². The normalized spacial score (nSPS) is 17.1. The first-order valence-corrected chi connectivity index (χ1v) is 7.90. The van der Waals surface area contributed by atoms with Crippen LogP contribution in [0, 0.1) is 11.8 Å². The van der Waals surface area contributed by atoms with Gasteiger partial charge >= 0.3 is 0 Å². The van der Waals surface area contributed by atoms with Crippen LogP contribution < -0.4 is 11.1 Å². The lowest BCUT2D eigenvalue weighted by atomic mass is 9.87. The summed E-state index contributed by atoms with van der Waals surface area (Å²) >= 11 is 5.92. The molecule has 1 aromatic carbocycles. The number of nitrogens with two attached hydrogens (primary N) is 1. The number of benzene rings is 1. The van der Waals surface area contributed by atoms with Gasteiger partial charge in [-0.15, -0.1) is 0 Å². The van der Waals surface area contributed by atoms with Gasteiger partial charge in [-0.3, -0.25) is 9.69 Å². The Labute approximate surface area is 131 Å². The maximum absolute atomic E-state index is 12.1. The summed E-state index contributed by atoms with van der Waals surface area (Å²) in [6.45, 7) is 6.93. The molecule has 1 amide bonds. The molecule has 1 saturated heterocycles. The van der Waals surface area contributed by atoms with Crippen LogP contribution in [0.25, 0.3) is 0 Å². The first kappa shape index (κ1) is 16.1. The number of likely N-dealkylation sites (tertiary alicyclic amines) is 1. The van der Waals surface area contributed by atoms with Crippen molar-refractivity contribution in [3.8, 4) is 0 Å². The number of carbonyl (C=O) groups excluding carboxylic acids is 1. The van der Waals surface area contributed by atoms with Crippen molar-refractivity contribution in [2.45, 2.75) is 26.7 Å². The second-order valence-corrected chi connectivity index (χ2v) is 6.57. The molecule has 0 spiro atoms. The second-order valence-electron chi connectivity index (χ2n) is 6.14. The lowest BCUT2D eigenvalue weighted by Gasteiger charge is -2.33. The summed E-state index contributed by atoms with van der Waals surface area (Å²) in [7, 11) is 0. The Balaban J connectivity index is 1.84. The highest BCUT2D eigenvalue weighted by atomic mass is 35.5. The van der Waals surface area contributed by atoms with E-state index in [2.05, 4.69) is 24.1 Å². The van der Waals surface area contributed by atoms with Crippen LogP contribution in [-0.4, -0.2) is 30.4 Å². The minimum absolute atomic E-state index is 0.0352. The van der Waals surface area contributed by atoms with Crippen molar-refractivity contribution in [3.05, 3.63) is 23.2 Å². The first-order chi connectivity index (χ1) is 9.95. The number of carbonyl (C=O) groups is 1. The highest BCUT2D eigenvalue weighted by molar-refractivity contribution is 6.31. The van der Waals surface area contributed by atoms with E-state index in [9.17, 15) is 4.79 Å². The molecule has 1 aromatic rings. The van der Waals surface area contributed by atoms with Crippen LogP contribution in [0.1, 0.15) is 26.7 Å². The van der Waals surface area contributed by atoms with Crippen molar-refractivity contribution < 1.29 is 4.79 Å². The summed E-state index contributed by atoms with van der Waals surface area (Å²) in [4.78, 5) is 14.3. The van der Waals surface area contributed by atoms with Gasteiger partial charge in [-0.25, -0.2) is 0 Å². The maximum Gasteiger partial charge on any atom is 0.238 e. The third-order valence-corrected chi connectivity index (χ3v) is 4.47. The van der Waals surface area contributed by atoms with Gasteiger partial charge < -0.3 is 11.1 Å². The second kappa shape index (κ2) is 7.14. The minimum Gasteiger partial charge on any atom is -0.397 e. The molecule has 0 bridgehead atoms. The van der Waals surface area contributed by atoms with E-state index >= 15 is 0 Å². The number of nitrogen functional groups attached to an aromatic ring is 1. The van der Waals surface area contributed by atoms with E-state index in [1.807, 2.05) is 0 Å². The van der Waals surface area contributed by atoms with E-state index in [-0.39, 0.29) is 5.91 Å². The molecule has 5 heteroatoms. The largest absolute Gasteiger partial charge is 0.397 e. The number of nitrogens with zero attached hydrogens (tertiary/aromatic N) is 1. The van der Waals surface area contributed by atoms with E-state index in [1.165, 1.54) is 12.8 Å². The zero-order valence-corrected chi connectivity index (χ0v) is 13.5. The van der Waals surface area contributed by atoms with E-state index in [4.69, 9.17) is 17.3 Å². The molecule has 21 heavy (non-hydrogen) atoms. The number of rotatable bonds is 4. The summed E-state index contributed by atoms with van der Waals surface area (Å²) in [5, 5.41) is 3.41. The molecule has 0 atom stereocenters. The maximum atomic E-state index is 12.1. The van der Waals surface area contributed by atoms with Crippen molar-refractivity contribution in [1.29, 1.82) is 0 Å². The Kier molecular flexibility index (Phi) is 5.48. The summed E-state index contributed by atoms with van der Waals surface area (Å²) in [5.74, 6) is 1.48. The molecule has 1 heterocycles. The minimum atomic E-state index is -0.0352. The number of amides is 1. The fourth-order valence-electron chi connectivity index (χ4n) is 2.81. The van der Waals surface area contributed by atoms with Crippen LogP contribution in [0.4, 0.5) is 11.4 Å². The molecular weight excluding hydrogens is 286 g/mol. The monoisotopic (exact) mass is 309 g/mol. The smallest absolute Gasteiger partial charge is 0.238 e. The lowest BCUT2D eigenvalue weighted by Crippen LogP contribution is -2.40. The van der Waals surface area contributed by atoms with Crippen molar-refractivity contribution >= 4 is 28.9 Å². The first-order valence-electron chi connectivity index (χ1n) is 7.53. The Hall–Kier alpha value is -1.26. The average Bonchev–Trinajstić information content (AvgIpc) is 2.43. The van der Waals surface area contributed by atoms with Crippen molar-refractivity contribution in [2.24, 2.45) is 11.8 Å². The van der Waals surface area contributed by atoms with Gasteiger partial charge in [0, 0.05) is 5.02 Å². The Bertz CT molecular complexity index is 496.